The summed E-state index contributed by atoms with van der Waals surface area (Å²) in [6.45, 7) is 0.801. The lowest BCUT2D eigenvalue weighted by atomic mass is 10.2. The second-order valence-corrected chi connectivity index (χ2v) is 4.29. The van der Waals surface area contributed by atoms with Crippen LogP contribution >= 0.6 is 0 Å². The first-order valence-corrected chi connectivity index (χ1v) is 6.01. The van der Waals surface area contributed by atoms with Crippen molar-refractivity contribution in [2.24, 2.45) is 0 Å². The van der Waals surface area contributed by atoms with Gasteiger partial charge in [0, 0.05) is 30.9 Å². The van der Waals surface area contributed by atoms with Crippen LogP contribution in [0.1, 0.15) is 12.8 Å². The van der Waals surface area contributed by atoms with Crippen LogP contribution in [0.5, 0.6) is 0 Å². The summed E-state index contributed by atoms with van der Waals surface area (Å²) in [6, 6.07) is 7.73. The van der Waals surface area contributed by atoms with Gasteiger partial charge in [0.2, 0.25) is 5.91 Å². The van der Waals surface area contributed by atoms with Crippen LogP contribution in [0.2, 0.25) is 0 Å². The van der Waals surface area contributed by atoms with Crippen molar-refractivity contribution < 1.29 is 4.79 Å². The second kappa shape index (κ2) is 4.56. The van der Waals surface area contributed by atoms with Gasteiger partial charge < -0.3 is 4.90 Å². The highest BCUT2D eigenvalue weighted by molar-refractivity contribution is 5.95. The number of nitrogens with zero attached hydrogens (tertiary/aromatic N) is 3. The number of rotatable bonds is 2. The third-order valence-corrected chi connectivity index (χ3v) is 3.11. The summed E-state index contributed by atoms with van der Waals surface area (Å²) in [4.78, 5) is 21.8. The minimum absolute atomic E-state index is 0.188. The topological polar surface area (TPSA) is 46.1 Å². The van der Waals surface area contributed by atoms with Crippen molar-refractivity contribution in [3.8, 4) is 11.3 Å². The zero-order valence-electron chi connectivity index (χ0n) is 9.91. The molecule has 0 spiro atoms. The molecule has 4 nitrogen and oxygen atoms in total. The molecule has 3 heterocycles. The maximum Gasteiger partial charge on any atom is 0.227 e. The van der Waals surface area contributed by atoms with E-state index in [4.69, 9.17) is 0 Å². The first-order chi connectivity index (χ1) is 8.84. The van der Waals surface area contributed by atoms with E-state index in [2.05, 4.69) is 9.97 Å². The van der Waals surface area contributed by atoms with Gasteiger partial charge in [0.05, 0.1) is 17.6 Å². The minimum Gasteiger partial charge on any atom is -0.311 e. The van der Waals surface area contributed by atoms with Crippen molar-refractivity contribution in [3.05, 3.63) is 42.9 Å². The standard InChI is InChI=1S/C14H13N3O/c18-14-2-1-9-17(14)12-3-4-13(16-10-12)11-5-7-15-8-6-11/h3-8,10H,1-2,9H2. The van der Waals surface area contributed by atoms with E-state index in [0.29, 0.717) is 6.42 Å². The van der Waals surface area contributed by atoms with Gasteiger partial charge in [-0.3, -0.25) is 14.8 Å². The van der Waals surface area contributed by atoms with Crippen LogP contribution in [0.15, 0.2) is 42.9 Å². The third-order valence-electron chi connectivity index (χ3n) is 3.11. The summed E-state index contributed by atoms with van der Waals surface area (Å²) in [5.41, 5.74) is 2.81. The Kier molecular flexibility index (Phi) is 2.76. The fraction of sp³-hybridized carbons (Fsp3) is 0.214. The van der Waals surface area contributed by atoms with E-state index in [0.717, 1.165) is 29.9 Å². The minimum atomic E-state index is 0.188. The Balaban J connectivity index is 1.87. The van der Waals surface area contributed by atoms with E-state index in [-0.39, 0.29) is 5.91 Å². The molecular weight excluding hydrogens is 226 g/mol. The maximum absolute atomic E-state index is 11.6. The molecule has 1 fully saturated rings. The lowest BCUT2D eigenvalue weighted by molar-refractivity contribution is -0.117. The molecule has 1 amide bonds. The number of carbonyl (C=O) groups excluding carboxylic acids is 1. The van der Waals surface area contributed by atoms with Crippen molar-refractivity contribution in [1.29, 1.82) is 0 Å². The Morgan fingerprint density at radius 1 is 1.11 bits per heavy atom. The first-order valence-electron chi connectivity index (χ1n) is 6.01. The Hall–Kier alpha value is -2.23. The maximum atomic E-state index is 11.6. The molecule has 2 aromatic heterocycles. The fourth-order valence-corrected chi connectivity index (χ4v) is 2.16. The molecule has 2 aromatic rings. The first kappa shape index (κ1) is 10.9. The zero-order chi connectivity index (χ0) is 12.4. The Bertz CT molecular complexity index is 551. The van der Waals surface area contributed by atoms with Crippen LogP contribution in [0.3, 0.4) is 0 Å². The molecule has 1 saturated heterocycles. The molecule has 18 heavy (non-hydrogen) atoms. The van der Waals surface area contributed by atoms with Crippen molar-refractivity contribution in [1.82, 2.24) is 9.97 Å². The number of amides is 1. The van der Waals surface area contributed by atoms with Gasteiger partial charge in [0.25, 0.3) is 0 Å². The predicted molar refractivity (Wildman–Crippen MR) is 69.1 cm³/mol. The third kappa shape index (κ3) is 1.97. The molecule has 3 rings (SSSR count). The van der Waals surface area contributed by atoms with Crippen molar-refractivity contribution >= 4 is 11.6 Å². The Morgan fingerprint density at radius 2 is 1.94 bits per heavy atom. The number of anilines is 1. The Labute approximate surface area is 105 Å². The second-order valence-electron chi connectivity index (χ2n) is 4.29. The predicted octanol–water partition coefficient (Wildman–Crippen LogP) is 2.27. The van der Waals surface area contributed by atoms with Crippen LogP contribution in [0.25, 0.3) is 11.3 Å². The smallest absolute Gasteiger partial charge is 0.227 e. The van der Waals surface area contributed by atoms with E-state index in [1.54, 1.807) is 23.5 Å². The highest BCUT2D eigenvalue weighted by atomic mass is 16.2. The number of hydrogen-bond acceptors (Lipinski definition) is 3. The average Bonchev–Trinajstić information content (AvgIpc) is 2.86. The summed E-state index contributed by atoms with van der Waals surface area (Å²) < 4.78 is 0. The van der Waals surface area contributed by atoms with Gasteiger partial charge >= 0.3 is 0 Å². The lowest BCUT2D eigenvalue weighted by Gasteiger charge is -2.15. The molecular formula is C14H13N3O. The molecule has 0 N–H and O–H groups in total. The quantitative estimate of drug-likeness (QED) is 0.807. The van der Waals surface area contributed by atoms with E-state index in [1.807, 2.05) is 24.3 Å². The Morgan fingerprint density at radius 3 is 2.56 bits per heavy atom. The van der Waals surface area contributed by atoms with Crippen molar-refractivity contribution in [2.45, 2.75) is 12.8 Å². The summed E-state index contributed by atoms with van der Waals surface area (Å²) in [7, 11) is 0. The molecule has 1 aliphatic heterocycles. The summed E-state index contributed by atoms with van der Waals surface area (Å²) in [5, 5.41) is 0. The normalized spacial score (nSPS) is 15.1. The highest BCUT2D eigenvalue weighted by Crippen LogP contribution is 2.23. The lowest BCUT2D eigenvalue weighted by Crippen LogP contribution is -2.23. The van der Waals surface area contributed by atoms with Crippen molar-refractivity contribution in [2.75, 3.05) is 11.4 Å². The van der Waals surface area contributed by atoms with Gasteiger partial charge in [-0.05, 0) is 30.7 Å². The monoisotopic (exact) mass is 239 g/mol. The summed E-state index contributed by atoms with van der Waals surface area (Å²) in [5.74, 6) is 0.188. The number of pyridine rings is 2. The van der Waals surface area contributed by atoms with Gasteiger partial charge in [-0.15, -0.1) is 0 Å². The van der Waals surface area contributed by atoms with Crippen LogP contribution < -0.4 is 4.90 Å². The van der Waals surface area contributed by atoms with Crippen molar-refractivity contribution in [3.63, 3.8) is 0 Å². The van der Waals surface area contributed by atoms with E-state index >= 15 is 0 Å². The number of hydrogen-bond donors (Lipinski definition) is 0. The molecule has 0 atom stereocenters. The van der Waals surface area contributed by atoms with E-state index in [1.165, 1.54) is 0 Å². The molecule has 0 radical (unpaired) electrons. The largest absolute Gasteiger partial charge is 0.311 e. The highest BCUT2D eigenvalue weighted by Gasteiger charge is 2.21. The molecule has 4 heteroatoms. The van der Waals surface area contributed by atoms with E-state index in [9.17, 15) is 4.79 Å². The van der Waals surface area contributed by atoms with Gasteiger partial charge in [0.1, 0.15) is 0 Å². The average molecular weight is 239 g/mol. The van der Waals surface area contributed by atoms with Crippen LogP contribution in [0.4, 0.5) is 5.69 Å². The van der Waals surface area contributed by atoms with Gasteiger partial charge in [-0.1, -0.05) is 0 Å². The zero-order valence-corrected chi connectivity index (χ0v) is 9.91. The van der Waals surface area contributed by atoms with Crippen LogP contribution in [0, 0.1) is 0 Å². The number of carbonyl (C=O) groups is 1. The fourth-order valence-electron chi connectivity index (χ4n) is 2.16. The SMILES string of the molecule is O=C1CCCN1c1ccc(-c2ccncc2)nc1. The molecule has 0 bridgehead atoms. The molecule has 0 aromatic carbocycles. The molecule has 1 aliphatic rings. The molecule has 0 unspecified atom stereocenters. The van der Waals surface area contributed by atoms with E-state index < -0.39 is 0 Å². The summed E-state index contributed by atoms with van der Waals surface area (Å²) in [6.07, 6.45) is 6.83. The summed E-state index contributed by atoms with van der Waals surface area (Å²) >= 11 is 0. The van der Waals surface area contributed by atoms with Crippen LogP contribution in [-0.4, -0.2) is 22.4 Å². The van der Waals surface area contributed by atoms with Gasteiger partial charge in [-0.25, -0.2) is 0 Å². The van der Waals surface area contributed by atoms with Gasteiger partial charge in [-0.2, -0.15) is 0 Å². The number of aromatic nitrogens is 2. The molecule has 0 aliphatic carbocycles. The van der Waals surface area contributed by atoms with Crippen LogP contribution in [-0.2, 0) is 4.79 Å². The molecule has 90 valence electrons. The van der Waals surface area contributed by atoms with Gasteiger partial charge in [0.15, 0.2) is 0 Å². The molecule has 0 saturated carbocycles.